The minimum atomic E-state index is -3.63. The number of esters is 1. The molecule has 13 heteroatoms. The van der Waals surface area contributed by atoms with Crippen LogP contribution in [0.15, 0.2) is 53.2 Å². The lowest BCUT2D eigenvalue weighted by atomic mass is 10.1. The van der Waals surface area contributed by atoms with E-state index in [1.165, 1.54) is 45.4 Å². The molecule has 3 aromatic rings. The monoisotopic (exact) mass is 528 g/mol. The summed E-state index contributed by atoms with van der Waals surface area (Å²) in [6.45, 7) is 1.45. The smallest absolute Gasteiger partial charge is 0.343 e. The molecule has 0 bridgehead atoms. The predicted molar refractivity (Wildman–Crippen MR) is 131 cm³/mol. The van der Waals surface area contributed by atoms with E-state index in [0.29, 0.717) is 28.4 Å². The van der Waals surface area contributed by atoms with Crippen LogP contribution in [0.1, 0.15) is 22.8 Å². The number of rotatable bonds is 9. The van der Waals surface area contributed by atoms with Crippen molar-refractivity contribution in [3.05, 3.63) is 59.2 Å². The summed E-state index contributed by atoms with van der Waals surface area (Å²) >= 11 is 0.684. The number of benzene rings is 2. The number of anilines is 1. The normalized spacial score (nSPS) is 11.3. The number of sulfone groups is 1. The largest absolute Gasteiger partial charge is 0.497 e. The van der Waals surface area contributed by atoms with Gasteiger partial charge in [-0.05, 0) is 48.0 Å². The molecule has 0 unspecified atom stereocenters. The number of carbonyl (C=O) groups excluding carboxylic acids is 2. The second-order valence-electron chi connectivity index (χ2n) is 6.94. The SMILES string of the molecule is CCS(=O)(=O)c1nsc(NC(=O)C(C#N)=Cc2ccc(OC(=O)c3ccc(OC)cc3)c(OC)c2)n1. The standard InChI is InChI=1S/C23H20N4O7S2/c1-4-36(30,31)23-26-22(35-27-23)25-20(28)16(13-24)11-14-5-10-18(19(12-14)33-3)34-21(29)15-6-8-17(32-2)9-7-15/h5-12H,4H2,1-3H3,(H,25,26,27,28). The Morgan fingerprint density at radius 2 is 1.83 bits per heavy atom. The molecule has 0 aliphatic heterocycles. The molecule has 1 heterocycles. The second-order valence-corrected chi connectivity index (χ2v) is 9.86. The number of nitriles is 1. The number of methoxy groups -OCH3 is 2. The van der Waals surface area contributed by atoms with E-state index < -0.39 is 26.9 Å². The van der Waals surface area contributed by atoms with Crippen LogP contribution in [0.25, 0.3) is 6.08 Å². The quantitative estimate of drug-likeness (QED) is 0.189. The van der Waals surface area contributed by atoms with Crippen molar-refractivity contribution in [3.63, 3.8) is 0 Å². The zero-order chi connectivity index (χ0) is 26.3. The van der Waals surface area contributed by atoms with Gasteiger partial charge < -0.3 is 14.2 Å². The minimum absolute atomic E-state index is 0.0634. The number of carbonyl (C=O) groups is 2. The maximum Gasteiger partial charge on any atom is 0.343 e. The van der Waals surface area contributed by atoms with Gasteiger partial charge in [0.15, 0.2) is 11.5 Å². The molecule has 0 radical (unpaired) electrons. The molecule has 186 valence electrons. The van der Waals surface area contributed by atoms with Gasteiger partial charge in [0, 0.05) is 11.5 Å². The zero-order valence-corrected chi connectivity index (χ0v) is 21.0. The molecule has 1 N–H and O–H groups in total. The van der Waals surface area contributed by atoms with Crippen LogP contribution in [0, 0.1) is 11.3 Å². The zero-order valence-electron chi connectivity index (χ0n) is 19.3. The first-order valence-corrected chi connectivity index (χ1v) is 12.7. The third kappa shape index (κ3) is 6.23. The van der Waals surface area contributed by atoms with Gasteiger partial charge in [0.05, 0.1) is 25.5 Å². The van der Waals surface area contributed by atoms with E-state index in [-0.39, 0.29) is 28.0 Å². The highest BCUT2D eigenvalue weighted by atomic mass is 32.2. The summed E-state index contributed by atoms with van der Waals surface area (Å²) in [6, 6.07) is 12.6. The fourth-order valence-electron chi connectivity index (χ4n) is 2.74. The third-order valence-electron chi connectivity index (χ3n) is 4.68. The maximum atomic E-state index is 12.5. The number of hydrogen-bond acceptors (Lipinski definition) is 11. The molecule has 0 aliphatic rings. The fourth-order valence-corrected chi connectivity index (χ4v) is 4.32. The van der Waals surface area contributed by atoms with Crippen LogP contribution in [-0.4, -0.2) is 49.6 Å². The van der Waals surface area contributed by atoms with Gasteiger partial charge >= 0.3 is 5.97 Å². The van der Waals surface area contributed by atoms with Crippen LogP contribution >= 0.6 is 11.5 Å². The van der Waals surface area contributed by atoms with E-state index in [2.05, 4.69) is 14.7 Å². The number of amides is 1. The van der Waals surface area contributed by atoms with E-state index in [0.717, 1.165) is 0 Å². The molecule has 11 nitrogen and oxygen atoms in total. The van der Waals surface area contributed by atoms with Gasteiger partial charge in [-0.15, -0.1) is 0 Å². The summed E-state index contributed by atoms with van der Waals surface area (Å²) in [5.41, 5.74) is 0.432. The van der Waals surface area contributed by atoms with E-state index >= 15 is 0 Å². The van der Waals surface area contributed by atoms with Gasteiger partial charge in [-0.1, -0.05) is 13.0 Å². The van der Waals surface area contributed by atoms with E-state index in [1.54, 1.807) is 30.3 Å². The Balaban J connectivity index is 1.77. The topological polar surface area (TPSA) is 158 Å². The molecular weight excluding hydrogens is 508 g/mol. The van der Waals surface area contributed by atoms with E-state index in [9.17, 15) is 23.3 Å². The summed E-state index contributed by atoms with van der Waals surface area (Å²) in [4.78, 5) is 28.8. The Hall–Kier alpha value is -4.28. The molecule has 3 rings (SSSR count). The molecule has 1 aromatic heterocycles. The molecule has 0 aliphatic carbocycles. The van der Waals surface area contributed by atoms with Crippen molar-refractivity contribution in [1.29, 1.82) is 5.26 Å². The van der Waals surface area contributed by atoms with Gasteiger partial charge in [0.2, 0.25) is 15.0 Å². The summed E-state index contributed by atoms with van der Waals surface area (Å²) in [5.74, 6) is -0.678. The molecule has 2 aromatic carbocycles. The second kappa shape index (κ2) is 11.4. The average molecular weight is 529 g/mol. The Labute approximate surface area is 211 Å². The van der Waals surface area contributed by atoms with Crippen LogP contribution in [0.4, 0.5) is 5.13 Å². The minimum Gasteiger partial charge on any atom is -0.497 e. The van der Waals surface area contributed by atoms with Gasteiger partial charge in [-0.3, -0.25) is 10.1 Å². The highest BCUT2D eigenvalue weighted by Crippen LogP contribution is 2.30. The van der Waals surface area contributed by atoms with Crippen molar-refractivity contribution in [3.8, 4) is 23.3 Å². The molecule has 36 heavy (non-hydrogen) atoms. The lowest BCUT2D eigenvalue weighted by Crippen LogP contribution is -2.14. The Morgan fingerprint density at radius 1 is 1.11 bits per heavy atom. The van der Waals surface area contributed by atoms with Crippen LogP contribution in [0.5, 0.6) is 17.2 Å². The van der Waals surface area contributed by atoms with Crippen LogP contribution in [0.2, 0.25) is 0 Å². The molecular formula is C23H20N4O7S2. The Bertz CT molecular complexity index is 1460. The van der Waals surface area contributed by atoms with Crippen LogP contribution < -0.4 is 19.5 Å². The predicted octanol–water partition coefficient (Wildman–Crippen LogP) is 3.11. The van der Waals surface area contributed by atoms with Gasteiger partial charge in [-0.25, -0.2) is 13.2 Å². The first-order chi connectivity index (χ1) is 17.2. The van der Waals surface area contributed by atoms with Crippen molar-refractivity contribution >= 4 is 44.5 Å². The summed E-state index contributed by atoms with van der Waals surface area (Å²) in [5, 5.41) is 11.4. The van der Waals surface area contributed by atoms with Gasteiger partial charge in [-0.2, -0.15) is 14.6 Å². The summed E-state index contributed by atoms with van der Waals surface area (Å²) < 4.78 is 43.2. The number of nitrogens with one attached hydrogen (secondary N) is 1. The van der Waals surface area contributed by atoms with Crippen molar-refractivity contribution in [1.82, 2.24) is 9.36 Å². The van der Waals surface area contributed by atoms with Crippen LogP contribution in [-0.2, 0) is 14.6 Å². The molecule has 0 saturated heterocycles. The van der Waals surface area contributed by atoms with Gasteiger partial charge in [0.25, 0.3) is 11.1 Å². The van der Waals surface area contributed by atoms with Crippen molar-refractivity contribution in [2.24, 2.45) is 0 Å². The maximum absolute atomic E-state index is 12.5. The third-order valence-corrected chi connectivity index (χ3v) is 6.92. The highest BCUT2D eigenvalue weighted by molar-refractivity contribution is 7.91. The lowest BCUT2D eigenvalue weighted by molar-refractivity contribution is -0.112. The number of ether oxygens (including phenoxy) is 3. The number of hydrogen-bond donors (Lipinski definition) is 1. The fraction of sp³-hybridized carbons (Fsp3) is 0.174. The first kappa shape index (κ1) is 26.3. The summed E-state index contributed by atoms with van der Waals surface area (Å²) in [7, 11) is -0.734. The Kier molecular flexibility index (Phi) is 8.36. The first-order valence-electron chi connectivity index (χ1n) is 10.2. The number of nitrogens with zero attached hydrogens (tertiary/aromatic N) is 3. The summed E-state index contributed by atoms with van der Waals surface area (Å²) in [6.07, 6.45) is 1.29. The highest BCUT2D eigenvalue weighted by Gasteiger charge is 2.20. The molecule has 0 atom stereocenters. The van der Waals surface area contributed by atoms with Crippen molar-refractivity contribution < 1.29 is 32.2 Å². The molecule has 0 fully saturated rings. The average Bonchev–Trinajstić information content (AvgIpc) is 3.37. The van der Waals surface area contributed by atoms with Crippen molar-refractivity contribution in [2.75, 3.05) is 25.3 Å². The number of aromatic nitrogens is 2. The molecule has 1 amide bonds. The lowest BCUT2D eigenvalue weighted by Gasteiger charge is -2.10. The molecule has 0 spiro atoms. The molecule has 0 saturated carbocycles. The van der Waals surface area contributed by atoms with Crippen molar-refractivity contribution in [2.45, 2.75) is 12.1 Å². The van der Waals surface area contributed by atoms with E-state index in [1.807, 2.05) is 0 Å². The Morgan fingerprint density at radius 3 is 2.44 bits per heavy atom. The van der Waals surface area contributed by atoms with Crippen LogP contribution in [0.3, 0.4) is 0 Å². The van der Waals surface area contributed by atoms with E-state index in [4.69, 9.17) is 14.2 Å². The van der Waals surface area contributed by atoms with Gasteiger partial charge in [0.1, 0.15) is 17.4 Å².